The van der Waals surface area contributed by atoms with E-state index in [0.29, 0.717) is 0 Å². The van der Waals surface area contributed by atoms with Crippen LogP contribution < -0.4 is 10.5 Å². The lowest BCUT2D eigenvalue weighted by atomic mass is 10.1. The Hall–Kier alpha value is -0.890. The fraction of sp³-hybridized carbons (Fsp3) is 0.143. The van der Waals surface area contributed by atoms with Gasteiger partial charge in [0.25, 0.3) is 0 Å². The molecule has 2 aromatic carbocycles. The van der Waals surface area contributed by atoms with Gasteiger partial charge in [-0.25, -0.2) is 13.6 Å². The number of hydrogen-bond donors (Lipinski definition) is 2. The predicted molar refractivity (Wildman–Crippen MR) is 91.7 cm³/mol. The third-order valence-corrected chi connectivity index (χ3v) is 5.28. The first kappa shape index (κ1) is 16.5. The average Bonchev–Trinajstić information content (AvgIpc) is 2.42. The van der Waals surface area contributed by atoms with Gasteiger partial charge in [-0.15, -0.1) is 0 Å². The number of primary sulfonamides is 1. The van der Waals surface area contributed by atoms with E-state index in [-0.39, 0.29) is 10.9 Å². The number of nitrogens with two attached hydrogens (primary N) is 1. The molecule has 0 saturated carbocycles. The Bertz CT molecular complexity index is 726. The predicted octanol–water partition coefficient (Wildman–Crippen LogP) is 4.03. The van der Waals surface area contributed by atoms with E-state index in [1.807, 2.05) is 25.1 Å². The molecule has 0 saturated heterocycles. The van der Waals surface area contributed by atoms with Gasteiger partial charge >= 0.3 is 0 Å². The van der Waals surface area contributed by atoms with Crippen molar-refractivity contribution in [1.29, 1.82) is 0 Å². The standard InChI is InChI=1S/C14H14Br2N2O2S/c1-9(18-14-12(15)3-2-4-13(14)16)10-5-7-11(8-6-10)21(17,19)20/h2-9,18H,1H3,(H2,17,19,20). The average molecular weight is 434 g/mol. The van der Waals surface area contributed by atoms with E-state index >= 15 is 0 Å². The Morgan fingerprint density at radius 3 is 2.05 bits per heavy atom. The molecule has 7 heteroatoms. The molecule has 0 spiro atoms. The van der Waals surface area contributed by atoms with Gasteiger partial charge in [-0.1, -0.05) is 18.2 Å². The van der Waals surface area contributed by atoms with Gasteiger partial charge in [0.05, 0.1) is 10.6 Å². The van der Waals surface area contributed by atoms with Crippen molar-refractivity contribution in [3.05, 3.63) is 57.0 Å². The molecule has 3 N–H and O–H groups in total. The first-order valence-electron chi connectivity index (χ1n) is 6.12. The second-order valence-electron chi connectivity index (χ2n) is 4.58. The summed E-state index contributed by atoms with van der Waals surface area (Å²) in [7, 11) is -3.65. The normalized spacial score (nSPS) is 13.0. The molecule has 1 atom stereocenters. The maximum absolute atomic E-state index is 11.2. The van der Waals surface area contributed by atoms with Crippen molar-refractivity contribution >= 4 is 47.6 Å². The molecule has 0 heterocycles. The van der Waals surface area contributed by atoms with Gasteiger partial charge in [-0.3, -0.25) is 0 Å². The quantitative estimate of drug-likeness (QED) is 0.764. The molecule has 0 aliphatic rings. The first-order chi connectivity index (χ1) is 9.79. The Morgan fingerprint density at radius 2 is 1.57 bits per heavy atom. The van der Waals surface area contributed by atoms with E-state index in [4.69, 9.17) is 5.14 Å². The van der Waals surface area contributed by atoms with E-state index in [9.17, 15) is 8.42 Å². The second-order valence-corrected chi connectivity index (χ2v) is 7.85. The van der Waals surface area contributed by atoms with Gasteiger partial charge in [0, 0.05) is 15.0 Å². The van der Waals surface area contributed by atoms with Gasteiger partial charge < -0.3 is 5.32 Å². The summed E-state index contributed by atoms with van der Waals surface area (Å²) < 4.78 is 24.4. The van der Waals surface area contributed by atoms with Gasteiger partial charge in [0.2, 0.25) is 10.0 Å². The molecule has 0 bridgehead atoms. The minimum absolute atomic E-state index is 0.00882. The molecule has 1 unspecified atom stereocenters. The smallest absolute Gasteiger partial charge is 0.238 e. The maximum Gasteiger partial charge on any atom is 0.238 e. The van der Waals surface area contributed by atoms with Crippen LogP contribution in [-0.2, 0) is 10.0 Å². The molecule has 0 fully saturated rings. The minimum atomic E-state index is -3.65. The Labute approximate surface area is 141 Å². The number of halogens is 2. The van der Waals surface area contributed by atoms with Crippen LogP contribution in [0.4, 0.5) is 5.69 Å². The summed E-state index contributed by atoms with van der Waals surface area (Å²) in [6, 6.07) is 12.4. The van der Waals surface area contributed by atoms with Crippen LogP contribution in [0.15, 0.2) is 56.3 Å². The molecule has 0 aliphatic carbocycles. The summed E-state index contributed by atoms with van der Waals surface area (Å²) in [5.41, 5.74) is 1.91. The van der Waals surface area contributed by atoms with Gasteiger partial charge in [-0.05, 0) is 68.6 Å². The van der Waals surface area contributed by atoms with Crippen molar-refractivity contribution in [2.24, 2.45) is 5.14 Å². The molecular weight excluding hydrogens is 420 g/mol. The summed E-state index contributed by atoms with van der Waals surface area (Å²) in [6.45, 7) is 2.00. The molecule has 0 radical (unpaired) electrons. The van der Waals surface area contributed by atoms with E-state index in [1.54, 1.807) is 12.1 Å². The summed E-state index contributed by atoms with van der Waals surface area (Å²) in [5.74, 6) is 0. The van der Waals surface area contributed by atoms with E-state index in [2.05, 4.69) is 37.2 Å². The number of anilines is 1. The fourth-order valence-corrected chi connectivity index (χ4v) is 3.62. The van der Waals surface area contributed by atoms with Crippen LogP contribution in [0.2, 0.25) is 0 Å². The molecule has 2 aromatic rings. The van der Waals surface area contributed by atoms with Crippen molar-refractivity contribution < 1.29 is 8.42 Å². The van der Waals surface area contributed by atoms with Crippen LogP contribution in [0.1, 0.15) is 18.5 Å². The summed E-state index contributed by atoms with van der Waals surface area (Å²) >= 11 is 7.00. The SMILES string of the molecule is CC(Nc1c(Br)cccc1Br)c1ccc(S(N)(=O)=O)cc1. The number of benzene rings is 2. The van der Waals surface area contributed by atoms with Crippen LogP contribution in [0.3, 0.4) is 0 Å². The zero-order valence-electron chi connectivity index (χ0n) is 11.2. The maximum atomic E-state index is 11.2. The summed E-state index contributed by atoms with van der Waals surface area (Å²) in [6.07, 6.45) is 0. The Kier molecular flexibility index (Phi) is 5.08. The molecule has 4 nitrogen and oxygen atoms in total. The molecule has 0 amide bonds. The van der Waals surface area contributed by atoms with Crippen LogP contribution in [-0.4, -0.2) is 8.42 Å². The number of para-hydroxylation sites is 1. The van der Waals surface area contributed by atoms with Gasteiger partial charge in [-0.2, -0.15) is 0 Å². The zero-order chi connectivity index (χ0) is 15.6. The van der Waals surface area contributed by atoms with Crippen molar-refractivity contribution in [3.63, 3.8) is 0 Å². The number of rotatable bonds is 4. The van der Waals surface area contributed by atoms with Crippen molar-refractivity contribution in [1.82, 2.24) is 0 Å². The molecular formula is C14H14Br2N2O2S. The van der Waals surface area contributed by atoms with Crippen molar-refractivity contribution in [3.8, 4) is 0 Å². The Morgan fingerprint density at radius 1 is 1.05 bits per heavy atom. The topological polar surface area (TPSA) is 72.2 Å². The van der Waals surface area contributed by atoms with Crippen LogP contribution in [0.5, 0.6) is 0 Å². The second kappa shape index (κ2) is 6.48. The molecule has 0 aromatic heterocycles. The summed E-state index contributed by atoms with van der Waals surface area (Å²) in [5, 5.41) is 8.47. The third-order valence-electron chi connectivity index (χ3n) is 3.03. The fourth-order valence-electron chi connectivity index (χ4n) is 1.88. The van der Waals surface area contributed by atoms with Crippen LogP contribution in [0, 0.1) is 0 Å². The first-order valence-corrected chi connectivity index (χ1v) is 9.25. The summed E-state index contributed by atoms with van der Waals surface area (Å²) in [4.78, 5) is 0.112. The minimum Gasteiger partial charge on any atom is -0.377 e. The van der Waals surface area contributed by atoms with E-state index in [0.717, 1.165) is 20.2 Å². The lowest BCUT2D eigenvalue weighted by Gasteiger charge is -2.18. The van der Waals surface area contributed by atoms with Crippen LogP contribution in [0.25, 0.3) is 0 Å². The van der Waals surface area contributed by atoms with Crippen molar-refractivity contribution in [2.45, 2.75) is 17.9 Å². The molecule has 21 heavy (non-hydrogen) atoms. The Balaban J connectivity index is 2.23. The van der Waals surface area contributed by atoms with E-state index < -0.39 is 10.0 Å². The highest BCUT2D eigenvalue weighted by Crippen LogP contribution is 2.33. The van der Waals surface area contributed by atoms with Gasteiger partial charge in [0.15, 0.2) is 0 Å². The number of nitrogens with one attached hydrogen (secondary N) is 1. The lowest BCUT2D eigenvalue weighted by molar-refractivity contribution is 0.597. The monoisotopic (exact) mass is 432 g/mol. The van der Waals surface area contributed by atoms with Gasteiger partial charge in [0.1, 0.15) is 0 Å². The molecule has 112 valence electrons. The highest BCUT2D eigenvalue weighted by atomic mass is 79.9. The highest BCUT2D eigenvalue weighted by Gasteiger charge is 2.12. The van der Waals surface area contributed by atoms with E-state index in [1.165, 1.54) is 12.1 Å². The number of hydrogen-bond acceptors (Lipinski definition) is 3. The highest BCUT2D eigenvalue weighted by molar-refractivity contribution is 9.11. The van der Waals surface area contributed by atoms with Crippen LogP contribution >= 0.6 is 31.9 Å². The largest absolute Gasteiger partial charge is 0.377 e. The molecule has 0 aliphatic heterocycles. The molecule has 2 rings (SSSR count). The van der Waals surface area contributed by atoms with Crippen molar-refractivity contribution in [2.75, 3.05) is 5.32 Å². The lowest BCUT2D eigenvalue weighted by Crippen LogP contribution is -2.13. The number of sulfonamides is 1. The zero-order valence-corrected chi connectivity index (χ0v) is 15.2. The third kappa shape index (κ3) is 4.06.